The minimum atomic E-state index is -4.74. The van der Waals surface area contributed by atoms with Gasteiger partial charge < -0.3 is 13.8 Å². The molecule has 12 nitrogen and oxygen atoms in total. The lowest BCUT2D eigenvalue weighted by molar-refractivity contribution is -0.384. The van der Waals surface area contributed by atoms with E-state index in [0.29, 0.717) is 0 Å². The molecule has 14 heteroatoms. The Balaban J connectivity index is 0.000000233. The minimum Gasteiger partial charge on any atom is -0.744 e. The molecule has 0 fully saturated rings. The molecule has 0 unspecified atom stereocenters. The van der Waals surface area contributed by atoms with Crippen molar-refractivity contribution in [1.29, 1.82) is 5.39 Å². The van der Waals surface area contributed by atoms with Crippen LogP contribution in [-0.2, 0) is 20.2 Å². The van der Waals surface area contributed by atoms with Crippen molar-refractivity contribution in [1.82, 2.24) is 0 Å². The molecule has 3 aromatic rings. The van der Waals surface area contributed by atoms with Crippen LogP contribution in [0.3, 0.4) is 0 Å². The standard InChI is InChI=1S/C10H8O6S2.C7H6N3O3/c11-17(12,13)9-5-1-3-7-8(9)4-2-6-10(7)18(14,15)16;1-13-7-4-5(10(11)12)2-3-6(7)9-8/h1-6H,(H,11,12,13)(H,14,15,16);2-4H,1H3/q;+1/p-2. The number of hydrogen-bond donors (Lipinski definition) is 0. The molecule has 0 saturated heterocycles. The third-order valence-electron chi connectivity index (χ3n) is 3.86. The highest BCUT2D eigenvalue weighted by molar-refractivity contribution is 7.86. The number of fused-ring (bicyclic) bond motifs is 1. The summed E-state index contributed by atoms with van der Waals surface area (Å²) in [5.41, 5.74) is 0.0531. The highest BCUT2D eigenvalue weighted by atomic mass is 32.2. The number of rotatable bonds is 4. The SMILES string of the molecule is COc1cc([N+](=O)[O-])ccc1[N+]#N.O=S(=O)([O-])c1cccc2c(S(=O)(=O)[O-])cccc12. The summed E-state index contributed by atoms with van der Waals surface area (Å²) in [4.78, 5) is 11.6. The van der Waals surface area contributed by atoms with Crippen molar-refractivity contribution in [3.8, 4) is 5.75 Å². The largest absolute Gasteiger partial charge is 0.744 e. The Morgan fingerprint density at radius 1 is 0.903 bits per heavy atom. The molecule has 3 aromatic carbocycles. The van der Waals surface area contributed by atoms with Crippen molar-refractivity contribution >= 4 is 42.4 Å². The van der Waals surface area contributed by atoms with Gasteiger partial charge in [-0.15, -0.1) is 0 Å². The van der Waals surface area contributed by atoms with Crippen LogP contribution < -0.4 is 4.74 Å². The molecule has 162 valence electrons. The molecule has 0 radical (unpaired) electrons. The van der Waals surface area contributed by atoms with Crippen LogP contribution in [0.5, 0.6) is 5.75 Å². The lowest BCUT2D eigenvalue weighted by Gasteiger charge is -2.14. The van der Waals surface area contributed by atoms with Gasteiger partial charge in [-0.05, 0) is 12.1 Å². The molecule has 0 aliphatic rings. The van der Waals surface area contributed by atoms with Gasteiger partial charge in [0.25, 0.3) is 5.69 Å². The highest BCUT2D eigenvalue weighted by Crippen LogP contribution is 2.31. The Kier molecular flexibility index (Phi) is 6.88. The van der Waals surface area contributed by atoms with Crippen LogP contribution in [0.15, 0.2) is 64.4 Å². The molecule has 0 N–H and O–H groups in total. The normalized spacial score (nSPS) is 11.2. The Labute approximate surface area is 176 Å². The second-order valence-corrected chi connectivity index (χ2v) is 8.43. The van der Waals surface area contributed by atoms with E-state index >= 15 is 0 Å². The summed E-state index contributed by atoms with van der Waals surface area (Å²) in [6, 6.07) is 10.8. The fourth-order valence-corrected chi connectivity index (χ4v) is 3.94. The van der Waals surface area contributed by atoms with E-state index in [4.69, 9.17) is 10.1 Å². The second-order valence-electron chi connectivity index (χ2n) is 5.73. The summed E-state index contributed by atoms with van der Waals surface area (Å²) in [5.74, 6) is 0.164. The van der Waals surface area contributed by atoms with Gasteiger partial charge in [-0.1, -0.05) is 24.3 Å². The van der Waals surface area contributed by atoms with E-state index in [2.05, 4.69) is 4.98 Å². The van der Waals surface area contributed by atoms with E-state index in [1.54, 1.807) is 0 Å². The topological polar surface area (TPSA) is 195 Å². The molecule has 0 amide bonds. The Morgan fingerprint density at radius 3 is 1.74 bits per heavy atom. The zero-order chi connectivity index (χ0) is 23.4. The van der Waals surface area contributed by atoms with Crippen LogP contribution in [0.2, 0.25) is 0 Å². The average Bonchev–Trinajstić information content (AvgIpc) is 2.71. The first-order valence-corrected chi connectivity index (χ1v) is 10.8. The molecule has 3 rings (SSSR count). The third-order valence-corrected chi connectivity index (χ3v) is 5.65. The molecule has 0 bridgehead atoms. The number of nitro groups is 1. The molecule has 0 saturated carbocycles. The summed E-state index contributed by atoms with van der Waals surface area (Å²) in [6.45, 7) is 0. The number of nitro benzene ring substituents is 1. The summed E-state index contributed by atoms with van der Waals surface area (Å²) in [6.07, 6.45) is 0. The molecule has 0 atom stereocenters. The fraction of sp³-hybridized carbons (Fsp3) is 0.0588. The maximum atomic E-state index is 11.0. The number of diazo groups is 1. The van der Waals surface area contributed by atoms with E-state index < -0.39 is 35.0 Å². The molecule has 31 heavy (non-hydrogen) atoms. The monoisotopic (exact) mass is 466 g/mol. The summed E-state index contributed by atoms with van der Waals surface area (Å²) < 4.78 is 70.9. The molecule has 0 aliphatic carbocycles. The third kappa shape index (κ3) is 5.49. The lowest BCUT2D eigenvalue weighted by Crippen LogP contribution is -2.03. The molecule has 0 aromatic heterocycles. The average molecular weight is 466 g/mol. The fourth-order valence-electron chi connectivity index (χ4n) is 2.55. The van der Waals surface area contributed by atoms with Gasteiger partial charge in [-0.25, -0.2) is 16.8 Å². The van der Waals surface area contributed by atoms with Gasteiger partial charge in [0.2, 0.25) is 11.1 Å². The van der Waals surface area contributed by atoms with Crippen molar-refractivity contribution in [2.45, 2.75) is 9.79 Å². The van der Waals surface area contributed by atoms with E-state index in [0.717, 1.165) is 12.1 Å². The number of benzene rings is 3. The van der Waals surface area contributed by atoms with Crippen molar-refractivity contribution in [3.05, 3.63) is 69.7 Å². The first kappa shape index (κ1) is 23.6. The number of methoxy groups -OCH3 is 1. The van der Waals surface area contributed by atoms with E-state index in [-0.39, 0.29) is 27.9 Å². The predicted molar refractivity (Wildman–Crippen MR) is 104 cm³/mol. The maximum absolute atomic E-state index is 11.0. The zero-order valence-corrected chi connectivity index (χ0v) is 17.2. The van der Waals surface area contributed by atoms with E-state index in [9.17, 15) is 36.1 Å². The Bertz CT molecular complexity index is 1340. The van der Waals surface area contributed by atoms with Crippen LogP contribution >= 0.6 is 0 Å². The van der Waals surface area contributed by atoms with Crippen molar-refractivity contribution < 1.29 is 35.6 Å². The van der Waals surface area contributed by atoms with Gasteiger partial charge >= 0.3 is 5.69 Å². The van der Waals surface area contributed by atoms with Crippen LogP contribution in [0.4, 0.5) is 11.4 Å². The minimum absolute atomic E-state index is 0.0792. The molecule has 0 heterocycles. The summed E-state index contributed by atoms with van der Waals surface area (Å²) in [7, 11) is -8.14. The van der Waals surface area contributed by atoms with Gasteiger partial charge in [0.15, 0.2) is 4.98 Å². The maximum Gasteiger partial charge on any atom is 0.426 e. The smallest absolute Gasteiger partial charge is 0.426 e. The number of ether oxygens (including phenoxy) is 1. The van der Waals surface area contributed by atoms with Crippen LogP contribution in [0.25, 0.3) is 15.7 Å². The van der Waals surface area contributed by atoms with Gasteiger partial charge in [0, 0.05) is 22.9 Å². The molecular formula is C17H12N3O9S2-. The van der Waals surface area contributed by atoms with Gasteiger partial charge in [-0.2, -0.15) is 0 Å². The summed E-state index contributed by atoms with van der Waals surface area (Å²) in [5, 5.41) is 18.6. The first-order chi connectivity index (χ1) is 14.4. The van der Waals surface area contributed by atoms with Crippen LogP contribution in [0, 0.1) is 15.5 Å². The van der Waals surface area contributed by atoms with Crippen LogP contribution in [-0.4, -0.2) is 38.0 Å². The highest BCUT2D eigenvalue weighted by Gasteiger charge is 2.18. The number of hydrogen-bond acceptors (Lipinski definition) is 10. The first-order valence-electron chi connectivity index (χ1n) is 8.01. The van der Waals surface area contributed by atoms with E-state index in [1.807, 2.05) is 0 Å². The number of non-ortho nitro benzene ring substituents is 1. The van der Waals surface area contributed by atoms with Crippen molar-refractivity contribution in [2.24, 2.45) is 0 Å². The lowest BCUT2D eigenvalue weighted by atomic mass is 10.1. The molecule has 0 aliphatic heterocycles. The van der Waals surface area contributed by atoms with Crippen LogP contribution in [0.1, 0.15) is 0 Å². The van der Waals surface area contributed by atoms with Crippen molar-refractivity contribution in [3.63, 3.8) is 0 Å². The molecular weight excluding hydrogens is 454 g/mol. The van der Waals surface area contributed by atoms with Gasteiger partial charge in [0.05, 0.1) is 27.9 Å². The number of nitrogens with zero attached hydrogens (tertiary/aromatic N) is 3. The second kappa shape index (κ2) is 9.02. The van der Waals surface area contributed by atoms with E-state index in [1.165, 1.54) is 49.6 Å². The zero-order valence-electron chi connectivity index (χ0n) is 15.5. The molecule has 0 spiro atoms. The van der Waals surface area contributed by atoms with Crippen molar-refractivity contribution in [2.75, 3.05) is 7.11 Å². The van der Waals surface area contributed by atoms with Gasteiger partial charge in [-0.3, -0.25) is 10.1 Å². The Morgan fingerprint density at radius 2 is 1.39 bits per heavy atom. The quantitative estimate of drug-likeness (QED) is 0.238. The summed E-state index contributed by atoms with van der Waals surface area (Å²) >= 11 is 0. The van der Waals surface area contributed by atoms with Gasteiger partial charge in [0.1, 0.15) is 20.2 Å². The predicted octanol–water partition coefficient (Wildman–Crippen LogP) is 2.74. The Hall–Kier alpha value is -3.64.